The van der Waals surface area contributed by atoms with Gasteiger partial charge in [-0.15, -0.1) is 5.10 Å². The Kier molecular flexibility index (Phi) is 6.16. The summed E-state index contributed by atoms with van der Waals surface area (Å²) in [6, 6.07) is 7.06. The molecule has 0 radical (unpaired) electrons. The molecule has 1 aromatic carbocycles. The molecule has 8 heteroatoms. The number of ether oxygens (including phenoxy) is 1. The zero-order chi connectivity index (χ0) is 19.2. The lowest BCUT2D eigenvalue weighted by molar-refractivity contribution is -0.155. The zero-order valence-electron chi connectivity index (χ0n) is 15.4. The van der Waals surface area contributed by atoms with E-state index in [1.165, 1.54) is 6.42 Å². The van der Waals surface area contributed by atoms with E-state index in [0.29, 0.717) is 10.9 Å². The third-order valence-corrected chi connectivity index (χ3v) is 4.79. The van der Waals surface area contributed by atoms with Gasteiger partial charge in [0, 0.05) is 6.04 Å². The summed E-state index contributed by atoms with van der Waals surface area (Å²) in [6.45, 7) is 1.60. The Morgan fingerprint density at radius 3 is 2.78 bits per heavy atom. The number of hydrogen-bond donors (Lipinski definition) is 1. The number of carbonyl (C=O) groups is 2. The van der Waals surface area contributed by atoms with Gasteiger partial charge in [-0.2, -0.15) is 0 Å². The normalized spacial score (nSPS) is 16.0. The molecule has 3 rings (SSSR count). The Balaban J connectivity index is 1.51. The monoisotopic (exact) mass is 372 g/mol. The maximum absolute atomic E-state index is 12.3. The minimum atomic E-state index is -0.862. The van der Waals surface area contributed by atoms with Crippen molar-refractivity contribution in [3.63, 3.8) is 0 Å². The number of aryl methyl sites for hydroxylation is 1. The van der Waals surface area contributed by atoms with Crippen LogP contribution in [0, 0.1) is 0 Å². The third kappa shape index (κ3) is 4.90. The van der Waals surface area contributed by atoms with Crippen LogP contribution in [0.15, 0.2) is 29.1 Å². The van der Waals surface area contributed by atoms with Gasteiger partial charge in [0.1, 0.15) is 5.52 Å². The van der Waals surface area contributed by atoms with Crippen molar-refractivity contribution in [2.75, 3.05) is 0 Å². The minimum Gasteiger partial charge on any atom is -0.452 e. The van der Waals surface area contributed by atoms with Crippen molar-refractivity contribution >= 4 is 22.8 Å². The molecule has 0 bridgehead atoms. The van der Waals surface area contributed by atoms with Gasteiger partial charge >= 0.3 is 5.97 Å². The molecule has 1 unspecified atom stereocenters. The lowest BCUT2D eigenvalue weighted by Gasteiger charge is -2.24. The first kappa shape index (κ1) is 19.0. The Labute approximate surface area is 156 Å². The van der Waals surface area contributed by atoms with Crippen LogP contribution in [0.1, 0.15) is 45.4 Å². The second kappa shape index (κ2) is 8.75. The predicted molar refractivity (Wildman–Crippen MR) is 99.0 cm³/mol. The molecule has 1 atom stereocenters. The number of aromatic nitrogens is 3. The van der Waals surface area contributed by atoms with E-state index in [1.807, 2.05) is 0 Å². The van der Waals surface area contributed by atoms with Crippen molar-refractivity contribution in [3.05, 3.63) is 34.6 Å². The van der Waals surface area contributed by atoms with Crippen molar-refractivity contribution in [2.24, 2.45) is 0 Å². The molecule has 1 heterocycles. The van der Waals surface area contributed by atoms with Gasteiger partial charge in [0.05, 0.1) is 18.4 Å². The van der Waals surface area contributed by atoms with Crippen molar-refractivity contribution in [2.45, 2.75) is 64.1 Å². The number of benzene rings is 1. The van der Waals surface area contributed by atoms with Gasteiger partial charge in [-0.25, -0.2) is 4.68 Å². The first-order valence-corrected chi connectivity index (χ1v) is 9.37. The molecule has 1 amide bonds. The molecular formula is C19H24N4O4. The number of nitrogens with one attached hydrogen (secondary N) is 1. The summed E-state index contributed by atoms with van der Waals surface area (Å²) in [5.74, 6) is -0.832. The number of carbonyl (C=O) groups excluding carboxylic acids is 2. The quantitative estimate of drug-likeness (QED) is 0.772. The van der Waals surface area contributed by atoms with E-state index in [1.54, 1.807) is 31.2 Å². The van der Waals surface area contributed by atoms with Crippen LogP contribution in [-0.4, -0.2) is 39.0 Å². The van der Waals surface area contributed by atoms with E-state index in [4.69, 9.17) is 4.74 Å². The molecule has 144 valence electrons. The molecule has 0 saturated heterocycles. The van der Waals surface area contributed by atoms with E-state index < -0.39 is 12.1 Å². The van der Waals surface area contributed by atoms with Gasteiger partial charge < -0.3 is 10.1 Å². The summed E-state index contributed by atoms with van der Waals surface area (Å²) >= 11 is 0. The van der Waals surface area contributed by atoms with E-state index in [0.717, 1.165) is 30.4 Å². The highest BCUT2D eigenvalue weighted by molar-refractivity contribution is 5.83. The second-order valence-electron chi connectivity index (χ2n) is 6.86. The predicted octanol–water partition coefficient (Wildman–Crippen LogP) is 1.56. The maximum Gasteiger partial charge on any atom is 0.308 e. The van der Waals surface area contributed by atoms with Gasteiger partial charge in [-0.1, -0.05) is 36.6 Å². The summed E-state index contributed by atoms with van der Waals surface area (Å²) < 4.78 is 6.32. The van der Waals surface area contributed by atoms with Gasteiger partial charge in [-0.05, 0) is 31.9 Å². The lowest BCUT2D eigenvalue weighted by atomic mass is 9.95. The van der Waals surface area contributed by atoms with Crippen molar-refractivity contribution in [1.29, 1.82) is 0 Å². The summed E-state index contributed by atoms with van der Waals surface area (Å²) in [6.07, 6.45) is 4.44. The molecule has 1 aliphatic rings. The molecule has 8 nitrogen and oxygen atoms in total. The average Bonchev–Trinajstić information content (AvgIpc) is 2.68. The van der Waals surface area contributed by atoms with Crippen molar-refractivity contribution in [3.8, 4) is 0 Å². The van der Waals surface area contributed by atoms with Crippen LogP contribution in [0.4, 0.5) is 0 Å². The fourth-order valence-corrected chi connectivity index (χ4v) is 3.24. The minimum absolute atomic E-state index is 0.0481. The van der Waals surface area contributed by atoms with Crippen LogP contribution in [0.25, 0.3) is 10.9 Å². The summed E-state index contributed by atoms with van der Waals surface area (Å²) in [4.78, 5) is 36.5. The van der Waals surface area contributed by atoms with E-state index >= 15 is 0 Å². The number of fused-ring (bicyclic) bond motifs is 1. The highest BCUT2D eigenvalue weighted by Gasteiger charge is 2.22. The first-order valence-electron chi connectivity index (χ1n) is 9.37. The van der Waals surface area contributed by atoms with Crippen molar-refractivity contribution in [1.82, 2.24) is 20.3 Å². The molecule has 1 N–H and O–H groups in total. The third-order valence-electron chi connectivity index (χ3n) is 4.79. The summed E-state index contributed by atoms with van der Waals surface area (Å²) in [7, 11) is 0. The molecule has 0 aliphatic heterocycles. The Hall–Kier alpha value is -2.77. The fraction of sp³-hybridized carbons (Fsp3) is 0.526. The molecule has 2 aromatic rings. The maximum atomic E-state index is 12.3. The SMILES string of the molecule is CC(OC(=O)CCn1nnc2ccccc2c1=O)C(=O)NC1CCCCC1. The molecule has 27 heavy (non-hydrogen) atoms. The number of hydrogen-bond acceptors (Lipinski definition) is 6. The van der Waals surface area contributed by atoms with Crippen LogP contribution in [-0.2, 0) is 20.9 Å². The topological polar surface area (TPSA) is 103 Å². The average molecular weight is 372 g/mol. The smallest absolute Gasteiger partial charge is 0.308 e. The van der Waals surface area contributed by atoms with Crippen LogP contribution in [0.2, 0.25) is 0 Å². The van der Waals surface area contributed by atoms with E-state index in [9.17, 15) is 14.4 Å². The summed E-state index contributed by atoms with van der Waals surface area (Å²) in [5, 5.41) is 11.2. The van der Waals surface area contributed by atoms with Gasteiger partial charge in [0.2, 0.25) is 0 Å². The molecular weight excluding hydrogens is 348 g/mol. The highest BCUT2D eigenvalue weighted by atomic mass is 16.5. The van der Waals surface area contributed by atoms with Gasteiger partial charge in [0.25, 0.3) is 11.5 Å². The Bertz CT molecular complexity index is 873. The Morgan fingerprint density at radius 1 is 1.26 bits per heavy atom. The van der Waals surface area contributed by atoms with Crippen LogP contribution < -0.4 is 10.9 Å². The first-order chi connectivity index (χ1) is 13.0. The number of rotatable bonds is 6. The van der Waals surface area contributed by atoms with Crippen LogP contribution in [0.5, 0.6) is 0 Å². The number of nitrogens with zero attached hydrogens (tertiary/aromatic N) is 3. The fourth-order valence-electron chi connectivity index (χ4n) is 3.24. The largest absolute Gasteiger partial charge is 0.452 e. The van der Waals surface area contributed by atoms with Crippen LogP contribution in [0.3, 0.4) is 0 Å². The van der Waals surface area contributed by atoms with E-state index in [2.05, 4.69) is 15.6 Å². The lowest BCUT2D eigenvalue weighted by Crippen LogP contribution is -2.42. The van der Waals surface area contributed by atoms with Gasteiger partial charge in [-0.3, -0.25) is 14.4 Å². The van der Waals surface area contributed by atoms with E-state index in [-0.39, 0.29) is 30.5 Å². The molecule has 1 saturated carbocycles. The molecule has 1 aliphatic carbocycles. The Morgan fingerprint density at radius 2 is 2.00 bits per heavy atom. The number of amides is 1. The second-order valence-corrected chi connectivity index (χ2v) is 6.86. The van der Waals surface area contributed by atoms with Gasteiger partial charge in [0.15, 0.2) is 6.10 Å². The molecule has 1 fully saturated rings. The number of esters is 1. The van der Waals surface area contributed by atoms with Crippen LogP contribution >= 0.6 is 0 Å². The molecule has 0 spiro atoms. The summed E-state index contributed by atoms with van der Waals surface area (Å²) in [5.41, 5.74) is 0.200. The standard InChI is InChI=1S/C19H24N4O4/c1-13(18(25)20-14-7-3-2-4-8-14)27-17(24)11-12-23-19(26)15-9-5-6-10-16(15)21-22-23/h5-6,9-10,13-14H,2-4,7-8,11-12H2,1H3,(H,20,25). The molecule has 1 aromatic heterocycles. The highest BCUT2D eigenvalue weighted by Crippen LogP contribution is 2.17. The zero-order valence-corrected chi connectivity index (χ0v) is 15.4. The van der Waals surface area contributed by atoms with Crippen molar-refractivity contribution < 1.29 is 14.3 Å².